The van der Waals surface area contributed by atoms with E-state index in [9.17, 15) is 13.2 Å². The van der Waals surface area contributed by atoms with Gasteiger partial charge in [-0.3, -0.25) is 9.69 Å². The molecular formula is C20H15BrN2O4S2. The number of sulfone groups is 1. The second-order valence-electron chi connectivity index (χ2n) is 6.38. The topological polar surface area (TPSA) is 80.5 Å². The van der Waals surface area contributed by atoms with Crippen LogP contribution < -0.4 is 4.90 Å². The molecule has 29 heavy (non-hydrogen) atoms. The lowest BCUT2D eigenvalue weighted by Crippen LogP contribution is -2.30. The summed E-state index contributed by atoms with van der Waals surface area (Å²) < 4.78 is 30.6. The minimum Gasteiger partial charge on any atom is -0.467 e. The lowest BCUT2D eigenvalue weighted by molar-refractivity contribution is 0.0983. The number of aromatic nitrogens is 1. The zero-order valence-electron chi connectivity index (χ0n) is 15.2. The van der Waals surface area contributed by atoms with Crippen molar-refractivity contribution in [1.29, 1.82) is 0 Å². The van der Waals surface area contributed by atoms with Crippen molar-refractivity contribution in [2.45, 2.75) is 11.4 Å². The fourth-order valence-electron chi connectivity index (χ4n) is 2.80. The Balaban J connectivity index is 1.79. The zero-order valence-corrected chi connectivity index (χ0v) is 18.4. The van der Waals surface area contributed by atoms with Crippen LogP contribution in [-0.2, 0) is 16.4 Å². The van der Waals surface area contributed by atoms with Gasteiger partial charge in [-0.15, -0.1) is 0 Å². The molecule has 0 aliphatic rings. The molecule has 0 bridgehead atoms. The Morgan fingerprint density at radius 3 is 2.69 bits per heavy atom. The van der Waals surface area contributed by atoms with Crippen molar-refractivity contribution in [3.8, 4) is 0 Å². The number of carbonyl (C=O) groups excluding carboxylic acids is 1. The van der Waals surface area contributed by atoms with E-state index in [2.05, 4.69) is 20.9 Å². The smallest absolute Gasteiger partial charge is 0.260 e. The quantitative estimate of drug-likeness (QED) is 0.397. The third kappa shape index (κ3) is 4.26. The molecule has 2 aromatic heterocycles. The average Bonchev–Trinajstić information content (AvgIpc) is 3.33. The summed E-state index contributed by atoms with van der Waals surface area (Å²) in [6.07, 6.45) is 2.71. The number of halogens is 1. The molecule has 0 spiro atoms. The number of hydrogen-bond donors (Lipinski definition) is 0. The first-order valence-corrected chi connectivity index (χ1v) is 12.0. The highest BCUT2D eigenvalue weighted by atomic mass is 79.9. The molecule has 4 rings (SSSR count). The van der Waals surface area contributed by atoms with Crippen LogP contribution >= 0.6 is 27.3 Å². The van der Waals surface area contributed by atoms with Gasteiger partial charge in [0.2, 0.25) is 0 Å². The van der Waals surface area contributed by atoms with Crippen LogP contribution in [0.1, 0.15) is 16.1 Å². The number of hydrogen-bond acceptors (Lipinski definition) is 6. The molecule has 9 heteroatoms. The number of amides is 1. The van der Waals surface area contributed by atoms with E-state index in [-0.39, 0.29) is 17.3 Å². The molecule has 4 aromatic rings. The maximum Gasteiger partial charge on any atom is 0.260 e. The SMILES string of the molecule is CS(=O)(=O)c1ccc2nc(N(Cc3ccco3)C(=O)c3cccc(Br)c3)sc2c1. The van der Waals surface area contributed by atoms with Gasteiger partial charge in [-0.05, 0) is 48.5 Å². The fraction of sp³-hybridized carbons (Fsp3) is 0.100. The molecule has 0 saturated heterocycles. The highest BCUT2D eigenvalue weighted by Crippen LogP contribution is 2.32. The predicted molar refractivity (Wildman–Crippen MR) is 116 cm³/mol. The van der Waals surface area contributed by atoms with Gasteiger partial charge in [0, 0.05) is 16.3 Å². The standard InChI is InChI=1S/C20H15BrN2O4S2/c1-29(25,26)16-7-8-17-18(11-16)28-20(22-17)23(12-15-6-3-9-27-15)19(24)13-4-2-5-14(21)10-13/h2-11H,12H2,1H3. The lowest BCUT2D eigenvalue weighted by atomic mass is 10.2. The Kier molecular flexibility index (Phi) is 5.28. The van der Waals surface area contributed by atoms with E-state index in [4.69, 9.17) is 4.42 Å². The van der Waals surface area contributed by atoms with Crippen LogP contribution in [0.15, 0.2) is 74.6 Å². The van der Waals surface area contributed by atoms with Crippen molar-refractivity contribution < 1.29 is 17.6 Å². The van der Waals surface area contributed by atoms with E-state index >= 15 is 0 Å². The molecule has 6 nitrogen and oxygen atoms in total. The summed E-state index contributed by atoms with van der Waals surface area (Å²) in [6.45, 7) is 0.205. The van der Waals surface area contributed by atoms with Gasteiger partial charge in [0.05, 0.1) is 27.9 Å². The van der Waals surface area contributed by atoms with E-state index in [1.54, 1.807) is 48.7 Å². The van der Waals surface area contributed by atoms with Gasteiger partial charge in [0.15, 0.2) is 15.0 Å². The normalized spacial score (nSPS) is 11.7. The average molecular weight is 491 g/mol. The lowest BCUT2D eigenvalue weighted by Gasteiger charge is -2.19. The van der Waals surface area contributed by atoms with Crippen LogP contribution in [0, 0.1) is 0 Å². The molecule has 0 saturated carbocycles. The van der Waals surface area contributed by atoms with Crippen molar-refractivity contribution in [2.24, 2.45) is 0 Å². The van der Waals surface area contributed by atoms with E-state index < -0.39 is 9.84 Å². The van der Waals surface area contributed by atoms with E-state index in [1.165, 1.54) is 22.3 Å². The van der Waals surface area contributed by atoms with Crippen molar-refractivity contribution in [1.82, 2.24) is 4.98 Å². The first-order chi connectivity index (χ1) is 13.8. The van der Waals surface area contributed by atoms with Gasteiger partial charge in [0.25, 0.3) is 5.91 Å². The Bertz CT molecular complexity index is 1300. The summed E-state index contributed by atoms with van der Waals surface area (Å²) in [4.78, 5) is 19.6. The van der Waals surface area contributed by atoms with Gasteiger partial charge < -0.3 is 4.42 Å². The Hall–Kier alpha value is -2.49. The highest BCUT2D eigenvalue weighted by molar-refractivity contribution is 9.10. The summed E-state index contributed by atoms with van der Waals surface area (Å²) in [5.41, 5.74) is 1.13. The monoisotopic (exact) mass is 490 g/mol. The van der Waals surface area contributed by atoms with Gasteiger partial charge >= 0.3 is 0 Å². The van der Waals surface area contributed by atoms with Crippen LogP contribution in [0.25, 0.3) is 10.2 Å². The van der Waals surface area contributed by atoms with Crippen molar-refractivity contribution in [3.63, 3.8) is 0 Å². The first-order valence-electron chi connectivity index (χ1n) is 8.52. The number of nitrogens with zero attached hydrogens (tertiary/aromatic N) is 2. The minimum absolute atomic E-state index is 0.205. The molecule has 0 aliphatic carbocycles. The van der Waals surface area contributed by atoms with Gasteiger partial charge in [-0.25, -0.2) is 13.4 Å². The zero-order chi connectivity index (χ0) is 20.6. The molecule has 0 radical (unpaired) electrons. The molecule has 2 heterocycles. The predicted octanol–water partition coefficient (Wildman–Crippen LogP) is 4.90. The second-order valence-corrected chi connectivity index (χ2v) is 10.3. The van der Waals surface area contributed by atoms with Crippen LogP contribution in [0.2, 0.25) is 0 Å². The Morgan fingerprint density at radius 1 is 1.17 bits per heavy atom. The van der Waals surface area contributed by atoms with Gasteiger partial charge in [0.1, 0.15) is 5.76 Å². The molecular weight excluding hydrogens is 476 g/mol. The maximum absolute atomic E-state index is 13.3. The number of thiazole rings is 1. The molecule has 0 unspecified atom stereocenters. The number of carbonyl (C=O) groups is 1. The molecule has 148 valence electrons. The number of fused-ring (bicyclic) bond motifs is 1. The maximum atomic E-state index is 13.3. The summed E-state index contributed by atoms with van der Waals surface area (Å²) >= 11 is 4.65. The summed E-state index contributed by atoms with van der Waals surface area (Å²) in [5, 5.41) is 0.465. The summed E-state index contributed by atoms with van der Waals surface area (Å²) in [6, 6.07) is 15.4. The Morgan fingerprint density at radius 2 is 2.00 bits per heavy atom. The van der Waals surface area contributed by atoms with Crippen LogP contribution in [0.3, 0.4) is 0 Å². The highest BCUT2D eigenvalue weighted by Gasteiger charge is 2.23. The molecule has 0 N–H and O–H groups in total. The molecule has 1 amide bonds. The molecule has 0 atom stereocenters. The second kappa shape index (κ2) is 7.74. The van der Waals surface area contributed by atoms with E-state index in [1.807, 2.05) is 6.07 Å². The third-order valence-corrected chi connectivity index (χ3v) is 6.86. The fourth-order valence-corrected chi connectivity index (χ4v) is 4.92. The minimum atomic E-state index is -3.33. The van der Waals surface area contributed by atoms with Gasteiger partial charge in [-0.2, -0.15) is 0 Å². The summed E-state index contributed by atoms with van der Waals surface area (Å²) in [7, 11) is -3.33. The molecule has 2 aromatic carbocycles. The molecule has 0 aliphatic heterocycles. The van der Waals surface area contributed by atoms with Gasteiger partial charge in [-0.1, -0.05) is 33.3 Å². The van der Waals surface area contributed by atoms with Crippen LogP contribution in [0.5, 0.6) is 0 Å². The van der Waals surface area contributed by atoms with E-state index in [0.717, 1.165) is 10.7 Å². The van der Waals surface area contributed by atoms with Crippen molar-refractivity contribution in [3.05, 3.63) is 76.7 Å². The first kappa shape index (κ1) is 19.8. The Labute approximate surface area is 179 Å². The third-order valence-electron chi connectivity index (χ3n) is 4.22. The number of rotatable bonds is 5. The van der Waals surface area contributed by atoms with E-state index in [0.29, 0.717) is 26.7 Å². The van der Waals surface area contributed by atoms with Crippen LogP contribution in [-0.4, -0.2) is 25.6 Å². The molecule has 0 fully saturated rings. The van der Waals surface area contributed by atoms with Crippen molar-refractivity contribution >= 4 is 58.4 Å². The number of benzene rings is 2. The summed E-state index contributed by atoms with van der Waals surface area (Å²) in [5.74, 6) is 0.384. The van der Waals surface area contributed by atoms with Crippen LogP contribution in [0.4, 0.5) is 5.13 Å². The number of furan rings is 1. The van der Waals surface area contributed by atoms with Crippen molar-refractivity contribution in [2.75, 3.05) is 11.2 Å². The largest absolute Gasteiger partial charge is 0.467 e. The number of anilines is 1.